The number of urea groups is 1. The number of hydrogen-bond acceptors (Lipinski definition) is 15. The van der Waals surface area contributed by atoms with Crippen LogP contribution in [0.5, 0.6) is 0 Å². The molecule has 4 aliphatic heterocycles. The van der Waals surface area contributed by atoms with Crippen molar-refractivity contribution in [2.45, 2.75) is 162 Å². The number of aliphatic hydroxyl groups excluding tert-OH is 4. The van der Waals surface area contributed by atoms with Crippen molar-refractivity contribution in [3.05, 3.63) is 11.6 Å². The number of esters is 1. The van der Waals surface area contributed by atoms with Crippen molar-refractivity contribution in [1.29, 1.82) is 0 Å². The quantitative estimate of drug-likeness (QED) is 0.0295. The summed E-state index contributed by atoms with van der Waals surface area (Å²) in [5, 5.41) is 82.3. The van der Waals surface area contributed by atoms with Gasteiger partial charge in [0.1, 0.15) is 24.9 Å². The van der Waals surface area contributed by atoms with E-state index in [0.717, 1.165) is 24.2 Å². The van der Waals surface area contributed by atoms with E-state index in [1.165, 1.54) is 6.08 Å². The third-order valence-electron chi connectivity index (χ3n) is 15.9. The van der Waals surface area contributed by atoms with Crippen LogP contribution in [0.1, 0.15) is 90.9 Å². The third kappa shape index (κ3) is 7.46. The number of rotatable bonds is 12. The van der Waals surface area contributed by atoms with Crippen LogP contribution in [0.4, 0.5) is 4.79 Å². The number of ether oxygens (including phenoxy) is 3. The van der Waals surface area contributed by atoms with Crippen LogP contribution >= 0.6 is 11.8 Å². The normalized spacial score (nSPS) is 47.0. The molecule has 8 aliphatic rings. The number of carbonyl (C=O) groups is 4. The fourth-order valence-corrected chi connectivity index (χ4v) is 14.1. The van der Waals surface area contributed by atoms with Crippen LogP contribution in [-0.4, -0.2) is 151 Å². The summed E-state index contributed by atoms with van der Waals surface area (Å²) in [7, 11) is 0. The largest absolute Gasteiger partial charge is 0.458 e. The summed E-state index contributed by atoms with van der Waals surface area (Å²) < 4.78 is 17.1. The van der Waals surface area contributed by atoms with Crippen LogP contribution in [0.3, 0.4) is 0 Å². The first-order valence-corrected chi connectivity index (χ1v) is 22.7. The van der Waals surface area contributed by atoms with Crippen LogP contribution in [0.25, 0.3) is 0 Å². The summed E-state index contributed by atoms with van der Waals surface area (Å²) in [6.45, 7) is 3.24. The van der Waals surface area contributed by atoms with Crippen molar-refractivity contribution in [2.24, 2.45) is 33.7 Å². The molecule has 10 N–H and O–H groups in total. The molecule has 3 saturated heterocycles. The minimum atomic E-state index is -1.53. The number of aliphatic hydroxyl groups is 6. The zero-order chi connectivity index (χ0) is 42.8. The van der Waals surface area contributed by atoms with Crippen molar-refractivity contribution in [3.63, 3.8) is 0 Å². The number of hydrogen-bond donors (Lipinski definition) is 10. The van der Waals surface area contributed by atoms with Gasteiger partial charge in [0.05, 0.1) is 48.1 Å². The fraction of sp³-hybridized carbons (Fsp3) is 0.829. The molecule has 0 aromatic rings. The minimum Gasteiger partial charge on any atom is -0.458 e. The number of fused-ring (bicyclic) bond motifs is 6. The van der Waals surface area contributed by atoms with Gasteiger partial charge in [0.15, 0.2) is 6.29 Å². The highest BCUT2D eigenvalue weighted by atomic mass is 32.2. The molecule has 0 aromatic heterocycles. The van der Waals surface area contributed by atoms with E-state index in [2.05, 4.69) is 26.5 Å². The standard InChI is InChI=1S/C41H61N5O13S/c1-20-33(51)34(52)35(53)36(58-20)59-22-7-10-39(19-43-46-30(49)16-42-29(48)6-4-3-5-27-32-26(18-60-27)44-37(54)45-32)25-14-28(47)38(2)23(21-13-31(50)57-17-21)9-12-41(38,56)24(25)8-11-40(39,55)15-22/h13,19-20,22-28,32-36,47,51-53,55-56H,3-12,14-18H2,1-2H3,(H,42,48)(H,46,49)(H2,44,45,54)/b43-19+/t20-,22-,23+,24+,25-,26-,27-,28+,32-,33-,34+,35+,36-,38-,39-,40-,41-/m0/s1. The Bertz CT molecular complexity index is 1760. The smallest absolute Gasteiger partial charge is 0.331 e. The molecule has 7 fully saturated rings. The second-order valence-electron chi connectivity index (χ2n) is 18.8. The number of nitrogens with one attached hydrogen (secondary N) is 4. The van der Waals surface area contributed by atoms with Crippen molar-refractivity contribution < 1.29 is 64.0 Å². The Morgan fingerprint density at radius 2 is 1.82 bits per heavy atom. The van der Waals surface area contributed by atoms with Crippen molar-refractivity contribution in [2.75, 3.05) is 18.9 Å². The summed E-state index contributed by atoms with van der Waals surface area (Å²) in [5.74, 6) is -1.61. The fourth-order valence-electron chi connectivity index (χ4n) is 12.6. The summed E-state index contributed by atoms with van der Waals surface area (Å²) >= 11 is 1.82. The number of carbonyl (C=O) groups excluding carboxylic acids is 4. The van der Waals surface area contributed by atoms with E-state index in [9.17, 15) is 49.8 Å². The zero-order valence-corrected chi connectivity index (χ0v) is 35.0. The van der Waals surface area contributed by atoms with Crippen molar-refractivity contribution in [3.8, 4) is 0 Å². The molecule has 0 unspecified atom stereocenters. The molecule has 0 aromatic carbocycles. The average molecular weight is 864 g/mol. The Morgan fingerprint density at radius 3 is 2.58 bits per heavy atom. The number of hydrazone groups is 1. The number of nitrogens with zero attached hydrogens (tertiary/aromatic N) is 1. The van der Waals surface area contributed by atoms with Gasteiger partial charge in [-0.2, -0.15) is 16.9 Å². The molecule has 4 heterocycles. The highest BCUT2D eigenvalue weighted by Gasteiger charge is 2.73. The molecule has 17 atom stereocenters. The van der Waals surface area contributed by atoms with Gasteiger partial charge in [-0.25, -0.2) is 15.0 Å². The molecule has 0 radical (unpaired) electrons. The first-order valence-electron chi connectivity index (χ1n) is 21.6. The van der Waals surface area contributed by atoms with Gasteiger partial charge in [-0.1, -0.05) is 13.3 Å². The number of cyclic esters (lactones) is 1. The monoisotopic (exact) mass is 863 g/mol. The zero-order valence-electron chi connectivity index (χ0n) is 34.2. The lowest BCUT2D eigenvalue weighted by atomic mass is 9.41. The highest BCUT2D eigenvalue weighted by Crippen LogP contribution is 2.70. The number of amides is 4. The summed E-state index contributed by atoms with van der Waals surface area (Å²) in [6, 6.07) is 0.109. The summed E-state index contributed by atoms with van der Waals surface area (Å²) in [5.41, 5.74) is -1.78. The van der Waals surface area contributed by atoms with Crippen molar-refractivity contribution >= 4 is 41.8 Å². The van der Waals surface area contributed by atoms with E-state index in [1.807, 2.05) is 18.7 Å². The lowest BCUT2D eigenvalue weighted by molar-refractivity contribution is -0.317. The molecule has 334 valence electrons. The number of thioether (sulfide) groups is 1. The molecular weight excluding hydrogens is 803 g/mol. The van der Waals surface area contributed by atoms with Gasteiger partial charge in [0.25, 0.3) is 5.91 Å². The Balaban J connectivity index is 0.944. The van der Waals surface area contributed by atoms with Gasteiger partial charge in [-0.05, 0) is 88.0 Å². The van der Waals surface area contributed by atoms with Crippen LogP contribution in [-0.2, 0) is 28.6 Å². The molecule has 0 spiro atoms. The Labute approximate surface area is 353 Å². The molecule has 4 saturated carbocycles. The molecule has 18 nitrogen and oxygen atoms in total. The van der Waals surface area contributed by atoms with E-state index in [1.54, 1.807) is 13.1 Å². The van der Waals surface area contributed by atoms with Gasteiger partial charge in [-0.15, -0.1) is 0 Å². The lowest BCUT2D eigenvalue weighted by Crippen LogP contribution is -2.71. The maximum absolute atomic E-state index is 13.0. The SMILES string of the molecule is C[C@@H]1O[C@@H](O[C@H]2CC[C@]3(/C=N/NC(=O)CNC(=O)CCCC[C@@H]4SC[C@@H]5NC(=O)N[C@@H]54)[C@H]4C[C@@H](O)[C@]5(C)[C@@H](C6=CC(=O)OC6)CC[C@]5(O)[C@@H]4CC[C@]3(O)C2)[C@H](O)[C@H](O)[C@H]1O. The second-order valence-corrected chi connectivity index (χ2v) is 20.1. The second kappa shape index (κ2) is 16.7. The maximum Gasteiger partial charge on any atom is 0.331 e. The predicted molar refractivity (Wildman–Crippen MR) is 214 cm³/mol. The van der Waals surface area contributed by atoms with Gasteiger partial charge < -0.3 is 60.8 Å². The average Bonchev–Trinajstić information content (AvgIpc) is 3.97. The van der Waals surface area contributed by atoms with E-state index >= 15 is 0 Å². The molecule has 4 aliphatic carbocycles. The topological polar surface area (TPSA) is 278 Å². The molecule has 0 bridgehead atoms. The molecule has 8 rings (SSSR count). The molecular formula is C41H61N5O13S. The molecule has 19 heteroatoms. The first-order chi connectivity index (χ1) is 28.5. The lowest BCUT2D eigenvalue weighted by Gasteiger charge is -2.66. The van der Waals surface area contributed by atoms with E-state index in [4.69, 9.17) is 14.2 Å². The predicted octanol–water partition coefficient (Wildman–Crippen LogP) is -0.534. The first kappa shape index (κ1) is 43.8. The van der Waals surface area contributed by atoms with Crippen molar-refractivity contribution in [1.82, 2.24) is 21.4 Å². The van der Waals surface area contributed by atoms with Gasteiger partial charge >= 0.3 is 12.0 Å². The van der Waals surface area contributed by atoms with Gasteiger partial charge in [0.2, 0.25) is 5.91 Å². The summed E-state index contributed by atoms with van der Waals surface area (Å²) in [4.78, 5) is 49.4. The Morgan fingerprint density at radius 1 is 1.02 bits per heavy atom. The van der Waals surface area contributed by atoms with Crippen LogP contribution in [0.15, 0.2) is 16.8 Å². The Kier molecular flexibility index (Phi) is 12.2. The van der Waals surface area contributed by atoms with E-state index in [-0.39, 0.29) is 75.2 Å². The Hall–Kier alpha value is -2.88. The maximum atomic E-state index is 13.0. The third-order valence-corrected chi connectivity index (χ3v) is 17.4. The van der Waals surface area contributed by atoms with Crippen LogP contribution < -0.4 is 21.4 Å². The minimum absolute atomic E-state index is 0.0544. The highest BCUT2D eigenvalue weighted by molar-refractivity contribution is 8.00. The number of unbranched alkanes of at least 4 members (excludes halogenated alkanes) is 1. The van der Waals surface area contributed by atoms with Crippen LogP contribution in [0, 0.1) is 28.6 Å². The van der Waals surface area contributed by atoms with Crippen LogP contribution in [0.2, 0.25) is 0 Å². The van der Waals surface area contributed by atoms with E-state index < -0.39 is 88.7 Å². The summed E-state index contributed by atoms with van der Waals surface area (Å²) in [6.07, 6.45) is -0.195. The van der Waals surface area contributed by atoms with Gasteiger partial charge in [0, 0.05) is 47.0 Å². The molecule has 60 heavy (non-hydrogen) atoms. The van der Waals surface area contributed by atoms with Gasteiger partial charge in [-0.3, -0.25) is 9.59 Å². The molecule has 4 amide bonds. The van der Waals surface area contributed by atoms with E-state index in [0.29, 0.717) is 37.4 Å².